The Morgan fingerprint density at radius 3 is 2.63 bits per heavy atom. The van der Waals surface area contributed by atoms with E-state index >= 15 is 0 Å². The van der Waals surface area contributed by atoms with Crippen LogP contribution in [0.4, 0.5) is 6.01 Å². The lowest BCUT2D eigenvalue weighted by atomic mass is 10.1. The molecule has 35 heavy (non-hydrogen) atoms. The average Bonchev–Trinajstić information content (AvgIpc) is 3.67. The Balaban J connectivity index is 1.13. The Morgan fingerprint density at radius 2 is 1.80 bits per heavy atom. The number of anilines is 1. The summed E-state index contributed by atoms with van der Waals surface area (Å²) in [5, 5.41) is 8.46. The van der Waals surface area contributed by atoms with Crippen LogP contribution in [0.15, 0.2) is 83.3 Å². The number of aromatic nitrogens is 3. The molecule has 0 spiro atoms. The molecule has 1 fully saturated rings. The molecule has 0 amide bonds. The molecule has 1 aliphatic heterocycles. The van der Waals surface area contributed by atoms with E-state index in [1.165, 1.54) is 11.3 Å². The molecule has 174 valence electrons. The zero-order chi connectivity index (χ0) is 23.6. The van der Waals surface area contributed by atoms with Gasteiger partial charge in [0.1, 0.15) is 0 Å². The average molecular weight is 483 g/mol. The summed E-state index contributed by atoms with van der Waals surface area (Å²) in [5.74, 6) is -0.404. The van der Waals surface area contributed by atoms with Crippen LogP contribution in [0.25, 0.3) is 21.3 Å². The van der Waals surface area contributed by atoms with Gasteiger partial charge in [-0.05, 0) is 35.2 Å². The molecular formula is C27H22N4O3S. The van der Waals surface area contributed by atoms with E-state index in [-0.39, 0.29) is 17.8 Å². The highest BCUT2D eigenvalue weighted by molar-refractivity contribution is 7.20. The molecule has 1 atom stereocenters. The number of carbonyl (C=O) groups excluding carboxylic acids is 1. The van der Waals surface area contributed by atoms with E-state index in [9.17, 15) is 4.79 Å². The molecule has 0 aliphatic carbocycles. The van der Waals surface area contributed by atoms with Crippen LogP contribution in [0, 0.1) is 0 Å². The largest absolute Gasteiger partial charge is 0.400 e. The van der Waals surface area contributed by atoms with E-state index in [0.29, 0.717) is 24.2 Å². The predicted octanol–water partition coefficient (Wildman–Crippen LogP) is 5.37. The van der Waals surface area contributed by atoms with Gasteiger partial charge in [-0.15, -0.1) is 16.4 Å². The van der Waals surface area contributed by atoms with Crippen LogP contribution in [-0.2, 0) is 11.3 Å². The number of thiazole rings is 1. The van der Waals surface area contributed by atoms with Gasteiger partial charge in [-0.3, -0.25) is 4.79 Å². The molecule has 6 rings (SSSR count). The van der Waals surface area contributed by atoms with Gasteiger partial charge in [0.15, 0.2) is 5.01 Å². The van der Waals surface area contributed by atoms with Gasteiger partial charge < -0.3 is 14.1 Å². The van der Waals surface area contributed by atoms with Gasteiger partial charge in [-0.25, -0.2) is 4.98 Å². The fourth-order valence-electron chi connectivity index (χ4n) is 4.18. The van der Waals surface area contributed by atoms with Crippen molar-refractivity contribution < 1.29 is 13.9 Å². The summed E-state index contributed by atoms with van der Waals surface area (Å²) in [6, 6.07) is 26.6. The first-order valence-electron chi connectivity index (χ1n) is 11.5. The second-order valence-electron chi connectivity index (χ2n) is 8.44. The van der Waals surface area contributed by atoms with E-state index in [0.717, 1.165) is 39.9 Å². The number of fused-ring (bicyclic) bond motifs is 1. The SMILES string of the molecule is O=C(c1nnc(N2CC[C@H](OCc3ccccc3)C2)o1)c1nc2ccc(-c3ccccc3)cc2s1. The van der Waals surface area contributed by atoms with E-state index in [2.05, 4.69) is 33.4 Å². The molecule has 2 aromatic heterocycles. The fourth-order valence-corrected chi connectivity index (χ4v) is 5.12. The highest BCUT2D eigenvalue weighted by Gasteiger charge is 2.29. The Bertz CT molecular complexity index is 1470. The van der Waals surface area contributed by atoms with E-state index in [4.69, 9.17) is 9.15 Å². The minimum Gasteiger partial charge on any atom is -0.400 e. The van der Waals surface area contributed by atoms with Crippen molar-refractivity contribution in [1.82, 2.24) is 15.2 Å². The Morgan fingerprint density at radius 1 is 1.00 bits per heavy atom. The van der Waals surface area contributed by atoms with Crippen LogP contribution in [-0.4, -0.2) is 40.2 Å². The van der Waals surface area contributed by atoms with Crippen molar-refractivity contribution in [2.45, 2.75) is 19.1 Å². The van der Waals surface area contributed by atoms with Crippen LogP contribution in [0.5, 0.6) is 0 Å². The van der Waals surface area contributed by atoms with E-state index < -0.39 is 0 Å². The van der Waals surface area contributed by atoms with Crippen LogP contribution >= 0.6 is 11.3 Å². The molecule has 0 N–H and O–H groups in total. The Hall–Kier alpha value is -3.88. The number of ether oxygens (including phenoxy) is 1. The normalized spacial score (nSPS) is 15.7. The van der Waals surface area contributed by atoms with Crippen molar-refractivity contribution in [2.75, 3.05) is 18.0 Å². The first-order chi connectivity index (χ1) is 17.2. The van der Waals surface area contributed by atoms with Crippen molar-refractivity contribution >= 4 is 33.4 Å². The minimum absolute atomic E-state index is 0.0454. The van der Waals surface area contributed by atoms with Crippen molar-refractivity contribution in [2.24, 2.45) is 0 Å². The lowest BCUT2D eigenvalue weighted by Crippen LogP contribution is -2.23. The van der Waals surface area contributed by atoms with E-state index in [1.54, 1.807) is 0 Å². The van der Waals surface area contributed by atoms with Crippen LogP contribution in [0.3, 0.4) is 0 Å². The van der Waals surface area contributed by atoms with Crippen molar-refractivity contribution in [1.29, 1.82) is 0 Å². The zero-order valence-electron chi connectivity index (χ0n) is 18.8. The summed E-state index contributed by atoms with van der Waals surface area (Å²) in [6.45, 7) is 1.95. The number of hydrogen-bond donors (Lipinski definition) is 0. The second-order valence-corrected chi connectivity index (χ2v) is 9.47. The number of carbonyl (C=O) groups is 1. The highest BCUT2D eigenvalue weighted by atomic mass is 32.1. The monoisotopic (exact) mass is 482 g/mol. The third-order valence-corrected chi connectivity index (χ3v) is 7.06. The summed E-state index contributed by atoms with van der Waals surface area (Å²) in [4.78, 5) is 19.5. The molecule has 0 saturated carbocycles. The molecule has 8 heteroatoms. The first kappa shape index (κ1) is 21.6. The molecule has 0 radical (unpaired) electrons. The molecule has 1 saturated heterocycles. The third-order valence-electron chi connectivity index (χ3n) is 6.04. The minimum atomic E-state index is -0.359. The number of nitrogens with zero attached hydrogens (tertiary/aromatic N) is 4. The van der Waals surface area contributed by atoms with Gasteiger partial charge in [0.2, 0.25) is 0 Å². The summed E-state index contributed by atoms with van der Waals surface area (Å²) in [6.07, 6.45) is 0.935. The highest BCUT2D eigenvalue weighted by Crippen LogP contribution is 2.30. The van der Waals surface area contributed by atoms with Crippen LogP contribution < -0.4 is 4.90 Å². The van der Waals surface area contributed by atoms with Gasteiger partial charge in [0.05, 0.1) is 22.9 Å². The predicted molar refractivity (Wildman–Crippen MR) is 135 cm³/mol. The van der Waals surface area contributed by atoms with Gasteiger partial charge >= 0.3 is 6.01 Å². The summed E-state index contributed by atoms with van der Waals surface area (Å²) in [5.41, 5.74) is 4.12. The van der Waals surface area contributed by atoms with Crippen LogP contribution in [0.2, 0.25) is 0 Å². The molecule has 0 bridgehead atoms. The topological polar surface area (TPSA) is 81.4 Å². The molecule has 3 aromatic carbocycles. The fraction of sp³-hybridized carbons (Fsp3) is 0.185. The van der Waals surface area contributed by atoms with Gasteiger partial charge in [0, 0.05) is 13.1 Å². The quantitative estimate of drug-likeness (QED) is 0.288. The first-order valence-corrected chi connectivity index (χ1v) is 12.3. The number of hydrogen-bond acceptors (Lipinski definition) is 8. The molecular weight excluding hydrogens is 460 g/mol. The Labute approximate surface area is 206 Å². The number of ketones is 1. The number of benzene rings is 3. The van der Waals surface area contributed by atoms with E-state index in [1.807, 2.05) is 65.6 Å². The Kier molecular flexibility index (Phi) is 5.81. The number of rotatable bonds is 7. The maximum atomic E-state index is 13.0. The van der Waals surface area contributed by atoms with Crippen LogP contribution in [0.1, 0.15) is 27.7 Å². The summed E-state index contributed by atoms with van der Waals surface area (Å²) < 4.78 is 12.7. The molecule has 3 heterocycles. The maximum absolute atomic E-state index is 13.0. The standard InChI is InChI=1S/C27H22N4O3S/c32-24(26-28-22-12-11-20(15-23(22)35-26)19-9-5-2-6-10-19)25-29-30-27(34-25)31-14-13-21(16-31)33-17-18-7-3-1-4-8-18/h1-12,15,21H,13-14,16-17H2/t21-/m0/s1. The zero-order valence-corrected chi connectivity index (χ0v) is 19.6. The third kappa shape index (κ3) is 4.58. The lowest BCUT2D eigenvalue weighted by Gasteiger charge is -2.13. The molecule has 5 aromatic rings. The van der Waals surface area contributed by atoms with Gasteiger partial charge in [-0.2, -0.15) is 0 Å². The van der Waals surface area contributed by atoms with Crippen molar-refractivity contribution in [3.05, 3.63) is 95.3 Å². The van der Waals surface area contributed by atoms with Crippen molar-refractivity contribution in [3.8, 4) is 11.1 Å². The smallest absolute Gasteiger partial charge is 0.318 e. The summed E-state index contributed by atoms with van der Waals surface area (Å²) in [7, 11) is 0. The second kappa shape index (κ2) is 9.40. The lowest BCUT2D eigenvalue weighted by molar-refractivity contribution is 0.0552. The van der Waals surface area contributed by atoms with Gasteiger partial charge in [0.25, 0.3) is 11.7 Å². The molecule has 0 unspecified atom stereocenters. The maximum Gasteiger partial charge on any atom is 0.318 e. The summed E-state index contributed by atoms with van der Waals surface area (Å²) >= 11 is 1.33. The van der Waals surface area contributed by atoms with Gasteiger partial charge in [-0.1, -0.05) is 71.8 Å². The van der Waals surface area contributed by atoms with Crippen molar-refractivity contribution in [3.63, 3.8) is 0 Å². The molecule has 1 aliphatic rings. The molecule has 7 nitrogen and oxygen atoms in total.